The van der Waals surface area contributed by atoms with Crippen LogP contribution in [0.15, 0.2) is 0 Å². The number of unbranched alkanes of at least 4 members (excludes halogenated alkanes) is 55. The fourth-order valence-electron chi connectivity index (χ4n) is 11.5. The average molecular weight is 1140 g/mol. The maximum Gasteiger partial charge on any atom is 0.472 e. The van der Waals surface area contributed by atoms with Gasteiger partial charge in [-0.05, 0) is 12.8 Å². The lowest BCUT2D eigenvalue weighted by atomic mass is 10.0. The molecule has 474 valence electrons. The summed E-state index contributed by atoms with van der Waals surface area (Å²) >= 11 is 0. The largest absolute Gasteiger partial charge is 0.472 e. The number of aliphatic hydroxyl groups is 1. The molecular weight excluding hydrogens is 996 g/mol. The number of likely N-dealkylation sites (N-methyl/N-ethyl adjacent to an activating group) is 1. The van der Waals surface area contributed by atoms with Gasteiger partial charge in [-0.15, -0.1) is 0 Å². The number of carbonyl (C=O) groups is 1. The number of quaternary nitrogens is 1. The Balaban J connectivity index is 3.96. The lowest BCUT2D eigenvalue weighted by molar-refractivity contribution is -0.870. The van der Waals surface area contributed by atoms with Crippen molar-refractivity contribution in [2.45, 2.75) is 405 Å². The van der Waals surface area contributed by atoms with E-state index in [-0.39, 0.29) is 19.1 Å². The molecule has 0 heterocycles. The van der Waals surface area contributed by atoms with Crippen LogP contribution in [-0.2, 0) is 18.4 Å². The van der Waals surface area contributed by atoms with Crippen molar-refractivity contribution in [3.8, 4) is 0 Å². The van der Waals surface area contributed by atoms with Gasteiger partial charge in [-0.3, -0.25) is 13.8 Å². The minimum atomic E-state index is -4.33. The van der Waals surface area contributed by atoms with Crippen LogP contribution in [0.25, 0.3) is 0 Å². The number of nitrogens with zero attached hydrogens (tertiary/aromatic N) is 1. The molecule has 3 atom stereocenters. The van der Waals surface area contributed by atoms with E-state index >= 15 is 0 Å². The first-order chi connectivity index (χ1) is 38.5. The van der Waals surface area contributed by atoms with Gasteiger partial charge in [0.2, 0.25) is 5.91 Å². The normalized spacial score (nSPS) is 13.6. The number of aliphatic hydroxyl groups excluding tert-OH is 1. The molecule has 0 spiro atoms. The second kappa shape index (κ2) is 62.0. The van der Waals surface area contributed by atoms with E-state index in [0.29, 0.717) is 23.9 Å². The molecule has 0 fully saturated rings. The molecule has 3 unspecified atom stereocenters. The molecule has 0 radical (unpaired) electrons. The minimum Gasteiger partial charge on any atom is -0.391 e. The Kier molecular flexibility index (Phi) is 61.7. The van der Waals surface area contributed by atoms with Crippen LogP contribution < -0.4 is 5.32 Å². The van der Waals surface area contributed by atoms with Gasteiger partial charge in [-0.25, -0.2) is 4.57 Å². The molecule has 1 amide bonds. The zero-order chi connectivity index (χ0) is 57.7. The molecule has 0 aliphatic heterocycles. The topological polar surface area (TPSA) is 105 Å². The molecule has 3 N–H and O–H groups in total. The fourth-order valence-corrected chi connectivity index (χ4v) is 12.3. The lowest BCUT2D eigenvalue weighted by Gasteiger charge is -2.26. The zero-order valence-corrected chi connectivity index (χ0v) is 55.3. The van der Waals surface area contributed by atoms with Crippen molar-refractivity contribution in [1.29, 1.82) is 0 Å². The summed E-state index contributed by atoms with van der Waals surface area (Å²) < 4.78 is 23.9. The second-order valence-electron chi connectivity index (χ2n) is 26.3. The first-order valence-corrected chi connectivity index (χ1v) is 37.4. The van der Waals surface area contributed by atoms with Crippen molar-refractivity contribution in [1.82, 2.24) is 5.32 Å². The van der Waals surface area contributed by atoms with Crippen LogP contribution in [0.4, 0.5) is 0 Å². The molecule has 9 heteroatoms. The van der Waals surface area contributed by atoms with Gasteiger partial charge < -0.3 is 19.8 Å². The number of rotatable bonds is 68. The summed E-state index contributed by atoms with van der Waals surface area (Å²) in [5.74, 6) is -0.133. The van der Waals surface area contributed by atoms with Gasteiger partial charge in [0.05, 0.1) is 39.9 Å². The monoisotopic (exact) mass is 1140 g/mol. The Labute approximate surface area is 495 Å². The summed E-state index contributed by atoms with van der Waals surface area (Å²) in [5.41, 5.74) is 0. The Morgan fingerprint density at radius 3 is 0.848 bits per heavy atom. The van der Waals surface area contributed by atoms with Crippen molar-refractivity contribution in [3.05, 3.63) is 0 Å². The van der Waals surface area contributed by atoms with E-state index in [0.717, 1.165) is 38.5 Å². The van der Waals surface area contributed by atoms with E-state index in [1.54, 1.807) is 0 Å². The van der Waals surface area contributed by atoms with Gasteiger partial charge in [0.1, 0.15) is 13.2 Å². The molecule has 0 rings (SSSR count). The fraction of sp³-hybridized carbons (Fsp3) is 0.986. The zero-order valence-electron chi connectivity index (χ0n) is 54.4. The summed E-state index contributed by atoms with van der Waals surface area (Å²) in [4.78, 5) is 23.5. The van der Waals surface area contributed by atoms with E-state index in [1.807, 2.05) is 21.1 Å². The number of phosphoric acid groups is 1. The van der Waals surface area contributed by atoms with E-state index in [2.05, 4.69) is 19.2 Å². The van der Waals surface area contributed by atoms with Crippen LogP contribution in [0.5, 0.6) is 0 Å². The lowest BCUT2D eigenvalue weighted by Crippen LogP contribution is -2.46. The highest BCUT2D eigenvalue weighted by Crippen LogP contribution is 2.43. The van der Waals surface area contributed by atoms with Crippen LogP contribution in [0.1, 0.15) is 393 Å². The van der Waals surface area contributed by atoms with Crippen molar-refractivity contribution in [3.63, 3.8) is 0 Å². The third-order valence-corrected chi connectivity index (χ3v) is 18.1. The maximum atomic E-state index is 13.1. The number of hydrogen-bond acceptors (Lipinski definition) is 5. The molecule has 0 aliphatic rings. The van der Waals surface area contributed by atoms with Gasteiger partial charge >= 0.3 is 7.82 Å². The highest BCUT2D eigenvalue weighted by molar-refractivity contribution is 7.47. The smallest absolute Gasteiger partial charge is 0.391 e. The molecule has 0 aromatic rings. The van der Waals surface area contributed by atoms with Crippen molar-refractivity contribution >= 4 is 13.7 Å². The van der Waals surface area contributed by atoms with Gasteiger partial charge in [0, 0.05) is 6.42 Å². The Morgan fingerprint density at radius 1 is 0.380 bits per heavy atom. The van der Waals surface area contributed by atoms with E-state index < -0.39 is 20.0 Å². The quantitative estimate of drug-likeness (QED) is 0.0318. The SMILES string of the molecule is CCCCCCCCCCCCCCCCCCCCCCCCCCCCCCCCCCC(O)C(COP(=O)(O)OCC[N+](C)(C)C)NC(=O)CCCCCCCCCCCCCCCCCCCCCCCCCCC. The molecule has 79 heavy (non-hydrogen) atoms. The van der Waals surface area contributed by atoms with Crippen LogP contribution in [-0.4, -0.2) is 73.4 Å². The highest BCUT2D eigenvalue weighted by Gasteiger charge is 2.28. The molecule has 0 saturated carbocycles. The summed E-state index contributed by atoms with van der Waals surface area (Å²) in [6, 6.07) is -0.757. The minimum absolute atomic E-state index is 0.0795. The molecule has 0 aromatic heterocycles. The van der Waals surface area contributed by atoms with Gasteiger partial charge in [0.15, 0.2) is 0 Å². The molecule has 8 nitrogen and oxygen atoms in total. The van der Waals surface area contributed by atoms with Crippen LogP contribution in [0.3, 0.4) is 0 Å². The number of hydrogen-bond donors (Lipinski definition) is 3. The van der Waals surface area contributed by atoms with Gasteiger partial charge in [0.25, 0.3) is 0 Å². The Morgan fingerprint density at radius 2 is 0.608 bits per heavy atom. The Hall–Kier alpha value is -0.500. The standard InChI is InChI=1S/C70H143N2O6P/c1-6-8-10-12-14-16-18-20-22-24-26-28-30-32-33-34-35-36-37-38-40-41-43-45-47-49-51-53-55-57-59-61-63-69(73)68(67-78-79(75,76)77-66-65-72(3,4)5)71-70(74)64-62-60-58-56-54-52-50-48-46-44-42-39-31-29-27-25-23-21-19-17-15-13-11-9-7-2/h68-69,73H,6-67H2,1-5H3,(H-,71,74,75,76)/p+1. The molecule has 0 aromatic carbocycles. The number of carbonyl (C=O) groups excluding carboxylic acids is 1. The summed E-state index contributed by atoms with van der Waals surface area (Å²) in [6.07, 6.45) is 77.9. The maximum absolute atomic E-state index is 13.1. The molecule has 0 aliphatic carbocycles. The third kappa shape index (κ3) is 64.9. The average Bonchev–Trinajstić information content (AvgIpc) is 3.42. The number of nitrogens with one attached hydrogen (secondary N) is 1. The summed E-state index contributed by atoms with van der Waals surface area (Å²) in [5, 5.41) is 14.2. The van der Waals surface area contributed by atoms with Crippen LogP contribution >= 0.6 is 7.82 Å². The van der Waals surface area contributed by atoms with Crippen molar-refractivity contribution in [2.24, 2.45) is 0 Å². The van der Waals surface area contributed by atoms with Gasteiger partial charge in [-0.1, -0.05) is 373 Å². The predicted octanol–water partition coefficient (Wildman–Crippen LogP) is 22.7. The van der Waals surface area contributed by atoms with E-state index in [9.17, 15) is 19.4 Å². The highest BCUT2D eigenvalue weighted by atomic mass is 31.2. The van der Waals surface area contributed by atoms with E-state index in [1.165, 1.54) is 327 Å². The predicted molar refractivity (Wildman–Crippen MR) is 346 cm³/mol. The van der Waals surface area contributed by atoms with E-state index in [4.69, 9.17) is 9.05 Å². The van der Waals surface area contributed by atoms with Crippen LogP contribution in [0, 0.1) is 0 Å². The molecular formula is C70H144N2O6P+. The first kappa shape index (κ1) is 78.5. The summed E-state index contributed by atoms with van der Waals surface area (Å²) in [7, 11) is 1.64. The van der Waals surface area contributed by atoms with Crippen molar-refractivity contribution in [2.75, 3.05) is 40.9 Å². The molecule has 0 saturated heterocycles. The number of amides is 1. The third-order valence-electron chi connectivity index (χ3n) is 17.1. The van der Waals surface area contributed by atoms with Gasteiger partial charge in [-0.2, -0.15) is 0 Å². The Bertz CT molecular complexity index is 1250. The second-order valence-corrected chi connectivity index (χ2v) is 27.8. The first-order valence-electron chi connectivity index (χ1n) is 35.9. The molecule has 0 bridgehead atoms. The van der Waals surface area contributed by atoms with Crippen LogP contribution in [0.2, 0.25) is 0 Å². The number of phosphoric ester groups is 1. The summed E-state index contributed by atoms with van der Waals surface area (Å²) in [6.45, 7) is 4.97. The van der Waals surface area contributed by atoms with Crippen molar-refractivity contribution < 1.29 is 32.9 Å².